The van der Waals surface area contributed by atoms with Crippen LogP contribution in [-0.4, -0.2) is 23.8 Å². The van der Waals surface area contributed by atoms with E-state index in [2.05, 4.69) is 6.92 Å². The van der Waals surface area contributed by atoms with Gasteiger partial charge in [0.05, 0.1) is 12.7 Å². The lowest BCUT2D eigenvalue weighted by molar-refractivity contribution is -0.141. The molecular weight excluding hydrogens is 180 g/mol. The molecule has 0 spiro atoms. The standard InChI is InChI=1S/C11H22O3/c1-3-4-5-6-7-11(13)8-9-14-10(2)12/h11,13H,3-9H2,1-2H3/t11-/m1/s1. The summed E-state index contributed by atoms with van der Waals surface area (Å²) in [5, 5.41) is 9.47. The SMILES string of the molecule is CCCCCC[C@@H](O)CCOC(C)=O. The lowest BCUT2D eigenvalue weighted by Gasteiger charge is -2.09. The van der Waals surface area contributed by atoms with Gasteiger partial charge in [-0.25, -0.2) is 0 Å². The van der Waals surface area contributed by atoms with E-state index in [0.717, 1.165) is 12.8 Å². The topological polar surface area (TPSA) is 46.5 Å². The maximum absolute atomic E-state index is 10.4. The van der Waals surface area contributed by atoms with Crippen LogP contribution in [0.2, 0.25) is 0 Å². The molecular formula is C11H22O3. The molecule has 0 aliphatic rings. The van der Waals surface area contributed by atoms with Crippen LogP contribution in [0, 0.1) is 0 Å². The molecule has 3 heteroatoms. The number of unbranched alkanes of at least 4 members (excludes halogenated alkanes) is 3. The zero-order chi connectivity index (χ0) is 10.8. The van der Waals surface area contributed by atoms with E-state index in [-0.39, 0.29) is 12.1 Å². The first kappa shape index (κ1) is 13.4. The quantitative estimate of drug-likeness (QED) is 0.485. The van der Waals surface area contributed by atoms with Gasteiger partial charge in [-0.1, -0.05) is 32.6 Å². The molecule has 0 saturated carbocycles. The molecule has 0 rings (SSSR count). The van der Waals surface area contributed by atoms with Gasteiger partial charge in [0.25, 0.3) is 0 Å². The third kappa shape index (κ3) is 9.52. The Kier molecular flexibility index (Phi) is 8.64. The van der Waals surface area contributed by atoms with Gasteiger partial charge in [-0.05, 0) is 6.42 Å². The highest BCUT2D eigenvalue weighted by Gasteiger charge is 2.04. The predicted octanol–water partition coefficient (Wildman–Crippen LogP) is 2.27. The summed E-state index contributed by atoms with van der Waals surface area (Å²) in [6, 6.07) is 0. The Morgan fingerprint density at radius 2 is 2.00 bits per heavy atom. The molecule has 0 saturated heterocycles. The molecule has 0 aliphatic heterocycles. The molecule has 84 valence electrons. The van der Waals surface area contributed by atoms with Crippen LogP contribution in [0.25, 0.3) is 0 Å². The number of ether oxygens (including phenoxy) is 1. The molecule has 1 atom stereocenters. The monoisotopic (exact) mass is 202 g/mol. The molecule has 1 N–H and O–H groups in total. The van der Waals surface area contributed by atoms with E-state index in [1.54, 1.807) is 0 Å². The summed E-state index contributed by atoms with van der Waals surface area (Å²) in [7, 11) is 0. The molecule has 0 heterocycles. The normalized spacial score (nSPS) is 12.5. The van der Waals surface area contributed by atoms with Crippen molar-refractivity contribution in [3.63, 3.8) is 0 Å². The summed E-state index contributed by atoms with van der Waals surface area (Å²) in [6.45, 7) is 3.88. The molecule has 0 bridgehead atoms. The van der Waals surface area contributed by atoms with E-state index >= 15 is 0 Å². The van der Waals surface area contributed by atoms with E-state index in [0.29, 0.717) is 13.0 Å². The van der Waals surface area contributed by atoms with Crippen LogP contribution in [0.3, 0.4) is 0 Å². The van der Waals surface area contributed by atoms with Crippen molar-refractivity contribution in [2.75, 3.05) is 6.61 Å². The number of esters is 1. The van der Waals surface area contributed by atoms with Crippen molar-refractivity contribution in [3.05, 3.63) is 0 Å². The van der Waals surface area contributed by atoms with Crippen LogP contribution in [0.4, 0.5) is 0 Å². The molecule has 0 aromatic rings. The van der Waals surface area contributed by atoms with Crippen LogP contribution in [0.1, 0.15) is 52.4 Å². The molecule has 0 aliphatic carbocycles. The minimum absolute atomic E-state index is 0.275. The minimum Gasteiger partial charge on any atom is -0.466 e. The Balaban J connectivity index is 3.19. The van der Waals surface area contributed by atoms with Crippen LogP contribution in [0.5, 0.6) is 0 Å². The highest BCUT2D eigenvalue weighted by molar-refractivity contribution is 5.65. The average molecular weight is 202 g/mol. The largest absolute Gasteiger partial charge is 0.466 e. The first-order valence-electron chi connectivity index (χ1n) is 5.48. The molecule has 14 heavy (non-hydrogen) atoms. The Hall–Kier alpha value is -0.570. The second kappa shape index (κ2) is 9.00. The predicted molar refractivity (Wildman–Crippen MR) is 56.0 cm³/mol. The number of carbonyl (C=O) groups excluding carboxylic acids is 1. The van der Waals surface area contributed by atoms with Crippen molar-refractivity contribution >= 4 is 5.97 Å². The Bertz CT molecular complexity index is 145. The van der Waals surface area contributed by atoms with Crippen molar-refractivity contribution < 1.29 is 14.6 Å². The maximum Gasteiger partial charge on any atom is 0.302 e. The van der Waals surface area contributed by atoms with Crippen molar-refractivity contribution in [2.24, 2.45) is 0 Å². The molecule has 0 radical (unpaired) electrons. The first-order chi connectivity index (χ1) is 6.66. The Morgan fingerprint density at radius 3 is 2.57 bits per heavy atom. The zero-order valence-electron chi connectivity index (χ0n) is 9.29. The van der Waals surface area contributed by atoms with Crippen molar-refractivity contribution in [3.8, 4) is 0 Å². The first-order valence-corrected chi connectivity index (χ1v) is 5.48. The molecule has 0 aromatic carbocycles. The number of hydrogen-bond donors (Lipinski definition) is 1. The van der Waals surface area contributed by atoms with Gasteiger partial charge in [0.2, 0.25) is 0 Å². The van der Waals surface area contributed by atoms with Crippen molar-refractivity contribution in [2.45, 2.75) is 58.5 Å². The number of aliphatic hydroxyl groups is 1. The average Bonchev–Trinajstić information content (AvgIpc) is 2.12. The summed E-state index contributed by atoms with van der Waals surface area (Å²) < 4.78 is 4.74. The third-order valence-electron chi connectivity index (χ3n) is 2.15. The fraction of sp³-hybridized carbons (Fsp3) is 0.909. The Labute approximate surface area is 86.5 Å². The van der Waals surface area contributed by atoms with Crippen LogP contribution < -0.4 is 0 Å². The van der Waals surface area contributed by atoms with E-state index in [1.165, 1.54) is 26.2 Å². The minimum atomic E-state index is -0.314. The lowest BCUT2D eigenvalue weighted by Crippen LogP contribution is -2.11. The molecule has 0 amide bonds. The van der Waals surface area contributed by atoms with Gasteiger partial charge in [-0.15, -0.1) is 0 Å². The van der Waals surface area contributed by atoms with Crippen molar-refractivity contribution in [1.82, 2.24) is 0 Å². The zero-order valence-corrected chi connectivity index (χ0v) is 9.29. The van der Waals surface area contributed by atoms with Crippen LogP contribution >= 0.6 is 0 Å². The van der Waals surface area contributed by atoms with Gasteiger partial charge in [0.1, 0.15) is 0 Å². The van der Waals surface area contributed by atoms with Gasteiger partial charge in [0.15, 0.2) is 0 Å². The highest BCUT2D eigenvalue weighted by atomic mass is 16.5. The van der Waals surface area contributed by atoms with E-state index in [1.807, 2.05) is 0 Å². The summed E-state index contributed by atoms with van der Waals surface area (Å²) >= 11 is 0. The molecule has 0 aromatic heterocycles. The summed E-state index contributed by atoms with van der Waals surface area (Å²) in [4.78, 5) is 10.4. The van der Waals surface area contributed by atoms with Crippen LogP contribution in [-0.2, 0) is 9.53 Å². The summed E-state index contributed by atoms with van der Waals surface area (Å²) in [6.07, 6.45) is 5.76. The highest BCUT2D eigenvalue weighted by Crippen LogP contribution is 2.07. The van der Waals surface area contributed by atoms with Gasteiger partial charge in [-0.3, -0.25) is 4.79 Å². The van der Waals surface area contributed by atoms with E-state index in [9.17, 15) is 9.90 Å². The smallest absolute Gasteiger partial charge is 0.302 e. The summed E-state index contributed by atoms with van der Waals surface area (Å²) in [5.41, 5.74) is 0. The van der Waals surface area contributed by atoms with E-state index < -0.39 is 0 Å². The second-order valence-electron chi connectivity index (χ2n) is 3.63. The number of carbonyl (C=O) groups is 1. The van der Waals surface area contributed by atoms with E-state index in [4.69, 9.17) is 4.74 Å². The molecule has 0 unspecified atom stereocenters. The maximum atomic E-state index is 10.4. The van der Waals surface area contributed by atoms with Crippen molar-refractivity contribution in [1.29, 1.82) is 0 Å². The number of hydrogen-bond acceptors (Lipinski definition) is 3. The van der Waals surface area contributed by atoms with Crippen LogP contribution in [0.15, 0.2) is 0 Å². The summed E-state index contributed by atoms with van der Waals surface area (Å²) in [5.74, 6) is -0.275. The fourth-order valence-corrected chi connectivity index (χ4v) is 1.29. The second-order valence-corrected chi connectivity index (χ2v) is 3.63. The molecule has 3 nitrogen and oxygen atoms in total. The number of aliphatic hydroxyl groups excluding tert-OH is 1. The molecule has 0 fully saturated rings. The lowest BCUT2D eigenvalue weighted by atomic mass is 10.1. The van der Waals surface area contributed by atoms with Gasteiger partial charge in [-0.2, -0.15) is 0 Å². The fourth-order valence-electron chi connectivity index (χ4n) is 1.29. The Morgan fingerprint density at radius 1 is 1.29 bits per heavy atom. The third-order valence-corrected chi connectivity index (χ3v) is 2.15. The van der Waals surface area contributed by atoms with Gasteiger partial charge in [0, 0.05) is 13.3 Å². The van der Waals surface area contributed by atoms with Gasteiger partial charge >= 0.3 is 5.97 Å². The van der Waals surface area contributed by atoms with Gasteiger partial charge < -0.3 is 9.84 Å². The number of rotatable bonds is 8.